The molecule has 0 aliphatic rings. The number of rotatable bonds is 33. The Labute approximate surface area is 302 Å². The molecular weight excluding hydrogens is 672 g/mol. The third kappa shape index (κ3) is 15.9. The quantitative estimate of drug-likeness (QED) is 0.0293. The largest absolute Gasteiger partial charge is 0.481 e. The van der Waals surface area contributed by atoms with Crippen LogP contribution in [0, 0.1) is 16.2 Å². The molecule has 0 aliphatic heterocycles. The smallest absolute Gasteiger partial charge is 0.310 e. The molecule has 15 heteroatoms. The van der Waals surface area contributed by atoms with Crippen molar-refractivity contribution in [1.82, 2.24) is 0 Å². The minimum Gasteiger partial charge on any atom is -0.481 e. The van der Waals surface area contributed by atoms with Gasteiger partial charge in [0.15, 0.2) is 0 Å². The van der Waals surface area contributed by atoms with Crippen molar-refractivity contribution in [3.63, 3.8) is 0 Å². The molecule has 0 aromatic heterocycles. The van der Waals surface area contributed by atoms with Gasteiger partial charge in [0.1, 0.15) is 0 Å². The molecule has 0 aromatic rings. The summed E-state index contributed by atoms with van der Waals surface area (Å²) >= 11 is 0. The van der Waals surface area contributed by atoms with Crippen LogP contribution in [0.1, 0.15) is 110 Å². The van der Waals surface area contributed by atoms with Crippen LogP contribution < -0.4 is 0 Å². The second-order valence-electron chi connectivity index (χ2n) is 14.4. The predicted octanol–water partition coefficient (Wildman–Crippen LogP) is -0.672. The van der Waals surface area contributed by atoms with E-state index < -0.39 is 143 Å². The summed E-state index contributed by atoms with van der Waals surface area (Å²) in [6, 6.07) is 0. The first-order chi connectivity index (χ1) is 24.1. The number of allylic oxidation sites excluding steroid dienone is 1. The average Bonchev–Trinajstić information content (AvgIpc) is 3.11. The molecule has 0 saturated heterocycles. The van der Waals surface area contributed by atoms with Gasteiger partial charge in [0.25, 0.3) is 0 Å². The van der Waals surface area contributed by atoms with Gasteiger partial charge in [-0.15, -0.1) is 0 Å². The molecule has 0 saturated carbocycles. The lowest BCUT2D eigenvalue weighted by atomic mass is 9.41. The van der Waals surface area contributed by atoms with Gasteiger partial charge in [-0.1, -0.05) is 51.2 Å². The Hall–Kier alpha value is -1.31. The SMILES string of the molecule is CCCCCC[C@@H](O)C/C=C\CCCCC(CC(O)CO)(CC(O)CO)C(CC(O)CO)(CC(O)CO)C(CC(O)CO)(CC(O)CO)C(=O)O. The number of aliphatic carboxylic acids is 1. The molecular formula is C36H70O15. The molecule has 51 heavy (non-hydrogen) atoms. The van der Waals surface area contributed by atoms with E-state index in [1.165, 1.54) is 0 Å². The van der Waals surface area contributed by atoms with Gasteiger partial charge < -0.3 is 71.5 Å². The number of carboxylic acids is 1. The van der Waals surface area contributed by atoms with E-state index in [1.54, 1.807) is 0 Å². The van der Waals surface area contributed by atoms with Crippen molar-refractivity contribution in [3.8, 4) is 0 Å². The molecule has 0 heterocycles. The van der Waals surface area contributed by atoms with Crippen LogP contribution in [0.4, 0.5) is 0 Å². The Bertz CT molecular complexity index is 883. The number of carbonyl (C=O) groups is 1. The van der Waals surface area contributed by atoms with Crippen molar-refractivity contribution in [2.45, 2.75) is 152 Å². The Morgan fingerprint density at radius 1 is 0.529 bits per heavy atom. The minimum absolute atomic E-state index is 0.0925. The van der Waals surface area contributed by atoms with Gasteiger partial charge in [-0.05, 0) is 81.5 Å². The fourth-order valence-electron chi connectivity index (χ4n) is 8.11. The molecule has 14 N–H and O–H groups in total. The van der Waals surface area contributed by atoms with E-state index in [1.807, 2.05) is 12.2 Å². The van der Waals surface area contributed by atoms with E-state index in [2.05, 4.69) is 6.92 Å². The number of carboxylic acid groups (broad SMARTS) is 1. The zero-order valence-electron chi connectivity index (χ0n) is 30.4. The van der Waals surface area contributed by atoms with Gasteiger partial charge in [-0.2, -0.15) is 0 Å². The summed E-state index contributed by atoms with van der Waals surface area (Å²) in [5.74, 6) is -1.71. The van der Waals surface area contributed by atoms with Crippen LogP contribution >= 0.6 is 0 Å². The van der Waals surface area contributed by atoms with Crippen LogP contribution in [0.5, 0.6) is 0 Å². The van der Waals surface area contributed by atoms with E-state index in [9.17, 15) is 76.3 Å². The van der Waals surface area contributed by atoms with Gasteiger partial charge in [0, 0.05) is 0 Å². The van der Waals surface area contributed by atoms with Crippen molar-refractivity contribution in [1.29, 1.82) is 0 Å². The molecule has 0 amide bonds. The van der Waals surface area contributed by atoms with Crippen LogP contribution in [0.25, 0.3) is 0 Å². The summed E-state index contributed by atoms with van der Waals surface area (Å²) in [7, 11) is 0. The maximum Gasteiger partial charge on any atom is 0.310 e. The molecule has 0 radical (unpaired) electrons. The maximum atomic E-state index is 13.7. The van der Waals surface area contributed by atoms with Crippen molar-refractivity contribution >= 4 is 5.97 Å². The number of aliphatic hydroxyl groups is 13. The van der Waals surface area contributed by atoms with Gasteiger partial charge >= 0.3 is 5.97 Å². The van der Waals surface area contributed by atoms with Crippen LogP contribution in [-0.4, -0.2) is 160 Å². The topological polar surface area (TPSA) is 300 Å². The Morgan fingerprint density at radius 3 is 1.37 bits per heavy atom. The van der Waals surface area contributed by atoms with Crippen molar-refractivity contribution in [2.24, 2.45) is 16.2 Å². The fourth-order valence-corrected chi connectivity index (χ4v) is 8.11. The highest BCUT2D eigenvalue weighted by Gasteiger charge is 2.67. The monoisotopic (exact) mass is 742 g/mol. The third-order valence-electron chi connectivity index (χ3n) is 10.4. The van der Waals surface area contributed by atoms with E-state index in [-0.39, 0.29) is 12.8 Å². The van der Waals surface area contributed by atoms with E-state index >= 15 is 0 Å². The second-order valence-corrected chi connectivity index (χ2v) is 14.4. The summed E-state index contributed by atoms with van der Waals surface area (Å²) in [4.78, 5) is 13.7. The van der Waals surface area contributed by atoms with E-state index in [0.29, 0.717) is 25.7 Å². The van der Waals surface area contributed by atoms with Crippen LogP contribution in [0.2, 0.25) is 0 Å². The van der Waals surface area contributed by atoms with Gasteiger partial charge in [0.05, 0.1) is 87.8 Å². The maximum absolute atomic E-state index is 13.7. The van der Waals surface area contributed by atoms with Crippen molar-refractivity contribution in [2.75, 3.05) is 39.6 Å². The predicted molar refractivity (Wildman–Crippen MR) is 188 cm³/mol. The highest BCUT2D eigenvalue weighted by molar-refractivity contribution is 5.76. The molecule has 0 bridgehead atoms. The van der Waals surface area contributed by atoms with Gasteiger partial charge in [-0.25, -0.2) is 0 Å². The molecule has 0 fully saturated rings. The van der Waals surface area contributed by atoms with Crippen LogP contribution in [0.3, 0.4) is 0 Å². The summed E-state index contributed by atoms with van der Waals surface area (Å²) in [5.41, 5.74) is -6.52. The second kappa shape index (κ2) is 26.5. The van der Waals surface area contributed by atoms with Gasteiger partial charge in [0.2, 0.25) is 0 Å². The Kier molecular flexibility index (Phi) is 25.8. The van der Waals surface area contributed by atoms with Crippen LogP contribution in [-0.2, 0) is 4.79 Å². The lowest BCUT2D eigenvalue weighted by molar-refractivity contribution is -0.215. The first kappa shape index (κ1) is 49.7. The molecule has 15 nitrogen and oxygen atoms in total. The molecule has 0 aromatic carbocycles. The molecule has 6 unspecified atom stereocenters. The first-order valence-corrected chi connectivity index (χ1v) is 18.4. The summed E-state index contributed by atoms with van der Waals surface area (Å²) < 4.78 is 0. The lowest BCUT2D eigenvalue weighted by Crippen LogP contribution is -2.63. The number of hydrogen-bond acceptors (Lipinski definition) is 14. The number of hydrogen-bond donors (Lipinski definition) is 14. The molecule has 0 spiro atoms. The number of unbranched alkanes of at least 4 members (excludes halogenated alkanes) is 5. The van der Waals surface area contributed by atoms with Crippen LogP contribution in [0.15, 0.2) is 12.2 Å². The lowest BCUT2D eigenvalue weighted by Gasteiger charge is -2.62. The molecule has 304 valence electrons. The Balaban J connectivity index is 7.49. The Morgan fingerprint density at radius 2 is 0.961 bits per heavy atom. The molecule has 0 rings (SSSR count). The van der Waals surface area contributed by atoms with Crippen molar-refractivity contribution in [3.05, 3.63) is 12.2 Å². The minimum atomic E-state index is -2.51. The summed E-state index contributed by atoms with van der Waals surface area (Å²) in [6.07, 6.45) is -4.74. The summed E-state index contributed by atoms with van der Waals surface area (Å²) in [6.45, 7) is -3.38. The van der Waals surface area contributed by atoms with E-state index in [4.69, 9.17) is 0 Å². The molecule has 0 aliphatic carbocycles. The standard InChI is InChI=1S/C36H70O15/c1-2-3-4-8-11-26(43)12-9-6-5-7-10-13-34(14-27(44)20-37,15-28(45)21-38)36(18-31(48)24-41,19-32(49)25-42)35(33(50)51,16-29(46)22-39)17-30(47)23-40/h6,9,26-32,37-49H,2-5,7-8,10-25H2,1H3,(H,50,51)/b9-6-/t26-,27?,28?,29?,30?,31?,32?,34?,35?,36?/m1/s1. The fraction of sp³-hybridized carbons (Fsp3) is 0.917. The number of aliphatic hydroxyl groups excluding tert-OH is 13. The van der Waals surface area contributed by atoms with E-state index in [0.717, 1.165) is 25.7 Å². The normalized spacial score (nSPS) is 20.1. The molecule has 7 atom stereocenters. The summed E-state index contributed by atoms with van der Waals surface area (Å²) in [5, 5.41) is 147. The first-order valence-electron chi connectivity index (χ1n) is 18.4. The third-order valence-corrected chi connectivity index (χ3v) is 10.4. The highest BCUT2D eigenvalue weighted by Crippen LogP contribution is 2.66. The van der Waals surface area contributed by atoms with Gasteiger partial charge in [-0.3, -0.25) is 4.79 Å². The highest BCUT2D eigenvalue weighted by atomic mass is 16.4. The zero-order valence-corrected chi connectivity index (χ0v) is 30.4. The zero-order chi connectivity index (χ0) is 39.1. The van der Waals surface area contributed by atoms with Crippen molar-refractivity contribution < 1.29 is 76.3 Å². The average molecular weight is 743 g/mol.